The van der Waals surface area contributed by atoms with Crippen LogP contribution >= 0.6 is 0 Å². The summed E-state index contributed by atoms with van der Waals surface area (Å²) >= 11 is 0. The third kappa shape index (κ3) is 3.97. The molecule has 5 heteroatoms. The van der Waals surface area contributed by atoms with Gasteiger partial charge in [0.15, 0.2) is 0 Å². The van der Waals surface area contributed by atoms with Gasteiger partial charge in [-0.25, -0.2) is 4.98 Å². The van der Waals surface area contributed by atoms with Crippen molar-refractivity contribution >= 4 is 11.8 Å². The molecule has 2 aliphatic heterocycles. The number of nitrogens with zero attached hydrogens (tertiary/aromatic N) is 4. The lowest BCUT2D eigenvalue weighted by Gasteiger charge is -2.37. The summed E-state index contributed by atoms with van der Waals surface area (Å²) < 4.78 is 0. The van der Waals surface area contributed by atoms with E-state index in [-0.39, 0.29) is 0 Å². The monoisotopic (exact) mass is 391 g/mol. The van der Waals surface area contributed by atoms with Gasteiger partial charge in [0.25, 0.3) is 0 Å². The molecular weight excluding hydrogens is 358 g/mol. The van der Waals surface area contributed by atoms with E-state index in [0.29, 0.717) is 11.9 Å². The van der Waals surface area contributed by atoms with Gasteiger partial charge in [-0.05, 0) is 69.5 Å². The fourth-order valence-electron chi connectivity index (χ4n) is 5.58. The predicted octanol–water partition coefficient (Wildman–Crippen LogP) is 3.84. The van der Waals surface area contributed by atoms with E-state index in [9.17, 15) is 0 Å². The van der Waals surface area contributed by atoms with Crippen molar-refractivity contribution in [1.29, 1.82) is 0 Å². The molecule has 0 bridgehead atoms. The average Bonchev–Trinajstić information content (AvgIpc) is 3.27. The minimum atomic E-state index is 0.344. The number of nitrogen functional groups attached to an aromatic ring is 1. The second kappa shape index (κ2) is 8.31. The molecule has 29 heavy (non-hydrogen) atoms. The molecule has 2 N–H and O–H groups in total. The molecule has 5 rings (SSSR count). The van der Waals surface area contributed by atoms with Gasteiger partial charge in [0.05, 0.1) is 5.69 Å². The highest BCUT2D eigenvalue weighted by Crippen LogP contribution is 2.40. The van der Waals surface area contributed by atoms with E-state index in [1.54, 1.807) is 0 Å². The smallest absolute Gasteiger partial charge is 0.222 e. The lowest BCUT2D eigenvalue weighted by atomic mass is 9.82. The standard InChI is InChI=1S/C24H33N5/c25-24-26-22-20(19-7-2-1-3-8-19)9-6-10-21(22)23(27-24)29-15-11-18(12-16-29)17-28-13-4-5-14-28/h1-3,7-8,18,20H,4-6,9-17H2,(H2,25,26,27). The molecule has 0 radical (unpaired) electrons. The normalized spacial score (nSPS) is 23.3. The van der Waals surface area contributed by atoms with Crippen molar-refractivity contribution in [1.82, 2.24) is 14.9 Å². The topological polar surface area (TPSA) is 58.3 Å². The van der Waals surface area contributed by atoms with Crippen LogP contribution in [0.3, 0.4) is 0 Å². The zero-order valence-electron chi connectivity index (χ0n) is 17.4. The maximum atomic E-state index is 6.21. The van der Waals surface area contributed by atoms with E-state index in [1.165, 1.54) is 68.6 Å². The van der Waals surface area contributed by atoms with Crippen LogP contribution in [-0.4, -0.2) is 47.6 Å². The van der Waals surface area contributed by atoms with Gasteiger partial charge in [0.2, 0.25) is 5.95 Å². The maximum Gasteiger partial charge on any atom is 0.222 e. The molecule has 1 aromatic carbocycles. The zero-order valence-corrected chi connectivity index (χ0v) is 17.4. The van der Waals surface area contributed by atoms with E-state index in [0.717, 1.165) is 37.7 Å². The molecule has 2 fully saturated rings. The summed E-state index contributed by atoms with van der Waals surface area (Å²) in [7, 11) is 0. The molecule has 0 amide bonds. The summed E-state index contributed by atoms with van der Waals surface area (Å²) in [6.45, 7) is 6.08. The van der Waals surface area contributed by atoms with Crippen LogP contribution in [-0.2, 0) is 6.42 Å². The van der Waals surface area contributed by atoms with Crippen LogP contribution in [0.1, 0.15) is 61.3 Å². The largest absolute Gasteiger partial charge is 0.368 e. The summed E-state index contributed by atoms with van der Waals surface area (Å²) in [5, 5.41) is 0. The number of rotatable bonds is 4. The number of fused-ring (bicyclic) bond motifs is 1. The second-order valence-electron chi connectivity index (χ2n) is 9.06. The van der Waals surface area contributed by atoms with Crippen molar-refractivity contribution in [3.05, 3.63) is 47.2 Å². The second-order valence-corrected chi connectivity index (χ2v) is 9.06. The van der Waals surface area contributed by atoms with Crippen LogP contribution < -0.4 is 10.6 Å². The first-order chi connectivity index (χ1) is 14.3. The Balaban J connectivity index is 1.35. The van der Waals surface area contributed by atoms with Gasteiger partial charge in [0, 0.05) is 31.1 Å². The van der Waals surface area contributed by atoms with Crippen LogP contribution in [0.4, 0.5) is 11.8 Å². The molecule has 3 aliphatic rings. The van der Waals surface area contributed by atoms with Crippen molar-refractivity contribution in [2.45, 2.75) is 50.9 Å². The lowest BCUT2D eigenvalue weighted by molar-refractivity contribution is 0.249. The van der Waals surface area contributed by atoms with E-state index < -0.39 is 0 Å². The third-order valence-corrected chi connectivity index (χ3v) is 7.12. The highest BCUT2D eigenvalue weighted by molar-refractivity contribution is 5.55. The van der Waals surface area contributed by atoms with Crippen LogP contribution in [0.25, 0.3) is 0 Å². The number of likely N-dealkylation sites (tertiary alicyclic amines) is 1. The molecule has 0 saturated carbocycles. The predicted molar refractivity (Wildman–Crippen MR) is 118 cm³/mol. The van der Waals surface area contributed by atoms with Crippen LogP contribution in [0.15, 0.2) is 30.3 Å². The van der Waals surface area contributed by atoms with Crippen molar-refractivity contribution in [3.8, 4) is 0 Å². The molecule has 1 unspecified atom stereocenters. The van der Waals surface area contributed by atoms with Gasteiger partial charge in [-0.15, -0.1) is 0 Å². The van der Waals surface area contributed by atoms with Gasteiger partial charge >= 0.3 is 0 Å². The number of hydrogen-bond acceptors (Lipinski definition) is 5. The molecule has 2 aromatic rings. The molecule has 1 atom stereocenters. The molecule has 3 heterocycles. The zero-order chi connectivity index (χ0) is 19.6. The number of hydrogen-bond donors (Lipinski definition) is 1. The minimum absolute atomic E-state index is 0.344. The number of piperidine rings is 1. The Bertz CT molecular complexity index is 823. The summed E-state index contributed by atoms with van der Waals surface area (Å²) in [6.07, 6.45) is 8.70. The fraction of sp³-hybridized carbons (Fsp3) is 0.583. The Morgan fingerprint density at radius 1 is 0.897 bits per heavy atom. The summed E-state index contributed by atoms with van der Waals surface area (Å²) in [4.78, 5) is 14.6. The summed E-state index contributed by atoms with van der Waals surface area (Å²) in [6, 6.07) is 10.8. The van der Waals surface area contributed by atoms with Crippen molar-refractivity contribution in [2.75, 3.05) is 43.4 Å². The number of benzene rings is 1. The summed E-state index contributed by atoms with van der Waals surface area (Å²) in [5.41, 5.74) is 10.1. The average molecular weight is 392 g/mol. The molecular formula is C24H33N5. The van der Waals surface area contributed by atoms with Gasteiger partial charge in [-0.3, -0.25) is 0 Å². The summed E-state index contributed by atoms with van der Waals surface area (Å²) in [5.74, 6) is 2.72. The maximum absolute atomic E-state index is 6.21. The molecule has 0 spiro atoms. The van der Waals surface area contributed by atoms with Gasteiger partial charge < -0.3 is 15.5 Å². The fourth-order valence-corrected chi connectivity index (χ4v) is 5.58. The first kappa shape index (κ1) is 18.9. The first-order valence-electron chi connectivity index (χ1n) is 11.5. The Morgan fingerprint density at radius 2 is 1.66 bits per heavy atom. The molecule has 2 saturated heterocycles. The number of aromatic nitrogens is 2. The van der Waals surface area contributed by atoms with Crippen molar-refractivity contribution in [3.63, 3.8) is 0 Å². The van der Waals surface area contributed by atoms with E-state index in [1.807, 2.05) is 0 Å². The molecule has 154 valence electrons. The molecule has 1 aliphatic carbocycles. The number of anilines is 2. The molecule has 1 aromatic heterocycles. The van der Waals surface area contributed by atoms with Crippen LogP contribution in [0, 0.1) is 5.92 Å². The highest BCUT2D eigenvalue weighted by Gasteiger charge is 2.30. The lowest BCUT2D eigenvalue weighted by Crippen LogP contribution is -2.39. The van der Waals surface area contributed by atoms with E-state index >= 15 is 0 Å². The SMILES string of the molecule is Nc1nc2c(c(N3CCC(CN4CCCC4)CC3)n1)CCCC2c1ccccc1. The minimum Gasteiger partial charge on any atom is -0.368 e. The van der Waals surface area contributed by atoms with Crippen molar-refractivity contribution < 1.29 is 0 Å². The Hall–Kier alpha value is -2.14. The van der Waals surface area contributed by atoms with Crippen molar-refractivity contribution in [2.24, 2.45) is 5.92 Å². The van der Waals surface area contributed by atoms with E-state index in [2.05, 4.69) is 40.1 Å². The Morgan fingerprint density at radius 3 is 2.41 bits per heavy atom. The third-order valence-electron chi connectivity index (χ3n) is 7.12. The van der Waals surface area contributed by atoms with E-state index in [4.69, 9.17) is 15.7 Å². The van der Waals surface area contributed by atoms with Gasteiger partial charge in [-0.2, -0.15) is 4.98 Å². The van der Waals surface area contributed by atoms with Gasteiger partial charge in [-0.1, -0.05) is 30.3 Å². The Kier molecular flexibility index (Phi) is 5.40. The molecule has 5 nitrogen and oxygen atoms in total. The Labute approximate surface area is 174 Å². The van der Waals surface area contributed by atoms with Crippen LogP contribution in [0.5, 0.6) is 0 Å². The quantitative estimate of drug-likeness (QED) is 0.858. The number of nitrogens with two attached hydrogens (primary N) is 1. The van der Waals surface area contributed by atoms with Gasteiger partial charge in [0.1, 0.15) is 5.82 Å². The first-order valence-corrected chi connectivity index (χ1v) is 11.5. The highest BCUT2D eigenvalue weighted by atomic mass is 15.2. The van der Waals surface area contributed by atoms with Crippen LogP contribution in [0.2, 0.25) is 0 Å².